The number of rotatable bonds is 6. The Morgan fingerprint density at radius 1 is 1.07 bits per heavy atom. The quantitative estimate of drug-likeness (QED) is 0.430. The van der Waals surface area contributed by atoms with E-state index in [2.05, 4.69) is 10.3 Å². The molecule has 1 saturated heterocycles. The molecule has 2 aliphatic heterocycles. The molecule has 2 N–H and O–H groups in total. The minimum absolute atomic E-state index is 0.0609. The molecule has 0 radical (unpaired) electrons. The summed E-state index contributed by atoms with van der Waals surface area (Å²) < 4.78 is 14.2. The molecule has 0 aliphatic carbocycles. The van der Waals surface area contributed by atoms with Gasteiger partial charge in [-0.05, 0) is 44.2 Å². The average molecular weight is 601 g/mol. The summed E-state index contributed by atoms with van der Waals surface area (Å²) in [6.45, 7) is 9.54. The molecule has 2 aromatic heterocycles. The molecule has 0 unspecified atom stereocenters. The largest absolute Gasteiger partial charge is 0.480 e. The summed E-state index contributed by atoms with van der Waals surface area (Å²) in [4.78, 5) is 51.7. The zero-order valence-electron chi connectivity index (χ0n) is 23.1. The molecule has 216 valence electrons. The second kappa shape index (κ2) is 10.6. The van der Waals surface area contributed by atoms with Crippen LogP contribution in [0.15, 0.2) is 35.7 Å². The van der Waals surface area contributed by atoms with E-state index in [0.29, 0.717) is 42.7 Å². The molecule has 3 aromatic rings. The van der Waals surface area contributed by atoms with Crippen molar-refractivity contribution in [2.24, 2.45) is 0 Å². The van der Waals surface area contributed by atoms with Gasteiger partial charge in [0.25, 0.3) is 11.8 Å². The first kappa shape index (κ1) is 28.7. The highest BCUT2D eigenvalue weighted by Gasteiger charge is 2.41. The van der Waals surface area contributed by atoms with Crippen LogP contribution in [0.1, 0.15) is 54.4 Å². The lowest BCUT2D eigenvalue weighted by molar-refractivity contribution is -0.135. The number of aromatic nitrogens is 2. The Bertz CT molecular complexity index is 1540. The fraction of sp³-hybridized carbons (Fsp3) is 0.393. The van der Waals surface area contributed by atoms with Gasteiger partial charge in [0, 0.05) is 42.7 Å². The van der Waals surface area contributed by atoms with Crippen molar-refractivity contribution in [3.8, 4) is 0 Å². The van der Waals surface area contributed by atoms with Gasteiger partial charge in [0.05, 0.1) is 21.9 Å². The summed E-state index contributed by atoms with van der Waals surface area (Å²) in [5.74, 6) is -2.36. The molecule has 2 aliphatic rings. The number of carboxylic acid groups (broad SMARTS) is 1. The minimum Gasteiger partial charge on any atom is -0.480 e. The van der Waals surface area contributed by atoms with Crippen molar-refractivity contribution in [2.45, 2.75) is 38.6 Å². The number of pyridine rings is 1. The highest BCUT2D eigenvalue weighted by Crippen LogP contribution is 2.44. The summed E-state index contributed by atoms with van der Waals surface area (Å²) in [7, 11) is 0. The van der Waals surface area contributed by atoms with Crippen molar-refractivity contribution in [3.63, 3.8) is 0 Å². The summed E-state index contributed by atoms with van der Waals surface area (Å²) in [5, 5.41) is 13.4. The number of carbonyl (C=O) groups is 3. The monoisotopic (exact) mass is 600 g/mol. The van der Waals surface area contributed by atoms with E-state index in [4.69, 9.17) is 21.7 Å². The summed E-state index contributed by atoms with van der Waals surface area (Å²) >= 11 is 7.18. The summed E-state index contributed by atoms with van der Waals surface area (Å²) in [6, 6.07) is 8.29. The van der Waals surface area contributed by atoms with Crippen molar-refractivity contribution in [3.05, 3.63) is 63.6 Å². The van der Waals surface area contributed by atoms with Crippen LogP contribution < -0.4 is 15.1 Å². The Kier molecular flexibility index (Phi) is 7.41. The molecular formula is C28H30ClFN6O4S. The topological polar surface area (TPSA) is 119 Å². The van der Waals surface area contributed by atoms with E-state index in [1.54, 1.807) is 22.4 Å². The molecule has 0 bridgehead atoms. The van der Waals surface area contributed by atoms with E-state index >= 15 is 0 Å². The number of benzene rings is 1. The number of anilines is 3. The van der Waals surface area contributed by atoms with Gasteiger partial charge >= 0.3 is 5.97 Å². The van der Waals surface area contributed by atoms with Gasteiger partial charge < -0.3 is 25.1 Å². The number of fused-ring (bicyclic) bond motifs is 1. The van der Waals surface area contributed by atoms with Gasteiger partial charge in [0.2, 0.25) is 0 Å². The Balaban J connectivity index is 1.33. The predicted octanol–water partition coefficient (Wildman–Crippen LogP) is 4.32. The lowest BCUT2D eigenvalue weighted by Crippen LogP contribution is -2.61. The first-order chi connectivity index (χ1) is 19.3. The molecule has 13 heteroatoms. The molecule has 0 saturated carbocycles. The molecule has 5 rings (SSSR count). The van der Waals surface area contributed by atoms with E-state index in [9.17, 15) is 18.8 Å². The zero-order valence-corrected chi connectivity index (χ0v) is 24.6. The first-order valence-electron chi connectivity index (χ1n) is 13.0. The van der Waals surface area contributed by atoms with Crippen LogP contribution >= 0.6 is 22.9 Å². The number of aliphatic carboxylic acids is 1. The fourth-order valence-corrected chi connectivity index (χ4v) is 6.27. The van der Waals surface area contributed by atoms with Crippen molar-refractivity contribution >= 4 is 57.2 Å². The third kappa shape index (κ3) is 5.58. The molecule has 0 atom stereocenters. The van der Waals surface area contributed by atoms with Gasteiger partial charge in [-0.25, -0.2) is 14.4 Å². The predicted molar refractivity (Wildman–Crippen MR) is 155 cm³/mol. The Hall–Kier alpha value is -3.77. The molecule has 4 heterocycles. The van der Waals surface area contributed by atoms with Crippen LogP contribution in [0.5, 0.6) is 0 Å². The Labute approximate surface area is 245 Å². The number of halogens is 2. The highest BCUT2D eigenvalue weighted by molar-refractivity contribution is 7.13. The van der Waals surface area contributed by atoms with Crippen LogP contribution in [0.4, 0.5) is 20.9 Å². The maximum absolute atomic E-state index is 14.2. The third-order valence-electron chi connectivity index (χ3n) is 7.34. The number of nitrogens with one attached hydrogen (secondary N) is 1. The van der Waals surface area contributed by atoms with Crippen molar-refractivity contribution in [1.82, 2.24) is 20.2 Å². The summed E-state index contributed by atoms with van der Waals surface area (Å²) in [6.07, 6.45) is 0. The molecule has 10 nitrogen and oxygen atoms in total. The second-order valence-corrected chi connectivity index (χ2v) is 12.7. The molecule has 0 spiro atoms. The molecule has 2 amide bonds. The molecule has 1 aromatic carbocycles. The SMILES string of the molecule is CC1(C)CN(c2ccc(Cl)c(F)c2)c2ccc(C(=O)N3CCN(c4nc(C(=O)NCC(=O)O)cs4)CC3(C)C)nc21. The second-order valence-electron chi connectivity index (χ2n) is 11.4. The van der Waals surface area contributed by atoms with Crippen LogP contribution in [0.25, 0.3) is 0 Å². The van der Waals surface area contributed by atoms with Gasteiger partial charge in [0.15, 0.2) is 5.13 Å². The number of hydrogen-bond acceptors (Lipinski definition) is 8. The van der Waals surface area contributed by atoms with Gasteiger partial charge in [-0.15, -0.1) is 11.3 Å². The smallest absolute Gasteiger partial charge is 0.322 e. The lowest BCUT2D eigenvalue weighted by atomic mass is 9.91. The van der Waals surface area contributed by atoms with Crippen molar-refractivity contribution in [2.75, 3.05) is 42.5 Å². The van der Waals surface area contributed by atoms with Gasteiger partial charge in [0.1, 0.15) is 23.7 Å². The summed E-state index contributed by atoms with van der Waals surface area (Å²) in [5.41, 5.74) is 1.81. The van der Waals surface area contributed by atoms with Crippen LogP contribution in [0, 0.1) is 5.82 Å². The Morgan fingerprint density at radius 3 is 2.51 bits per heavy atom. The lowest BCUT2D eigenvalue weighted by Gasteiger charge is -2.47. The maximum atomic E-state index is 14.2. The normalized spacial score (nSPS) is 17.4. The standard InChI is InChI=1S/C28H30ClFN6O4S/c1-27(2)14-35(16-5-6-17(29)18(30)11-16)21-8-7-19(32-23(21)27)25(40)36-10-9-34(15-28(36,3)4)26-33-20(13-41-26)24(39)31-12-22(37)38/h5-8,11,13H,9-10,12,14-15H2,1-4H3,(H,31,39)(H,37,38). The highest BCUT2D eigenvalue weighted by atomic mass is 35.5. The molecule has 1 fully saturated rings. The van der Waals surface area contributed by atoms with Crippen LogP contribution in [-0.4, -0.2) is 76.0 Å². The first-order valence-corrected chi connectivity index (χ1v) is 14.3. The molecular weight excluding hydrogens is 571 g/mol. The van der Waals surface area contributed by atoms with Crippen LogP contribution in [0.2, 0.25) is 5.02 Å². The van der Waals surface area contributed by atoms with E-state index in [0.717, 1.165) is 11.4 Å². The van der Waals surface area contributed by atoms with Crippen LogP contribution in [-0.2, 0) is 10.2 Å². The van der Waals surface area contributed by atoms with Gasteiger partial charge in [-0.3, -0.25) is 14.4 Å². The van der Waals surface area contributed by atoms with Crippen molar-refractivity contribution in [1.29, 1.82) is 0 Å². The number of carbonyl (C=O) groups excluding carboxylic acids is 2. The fourth-order valence-electron chi connectivity index (χ4n) is 5.32. The minimum atomic E-state index is -1.13. The van der Waals surface area contributed by atoms with E-state index in [1.165, 1.54) is 23.5 Å². The Morgan fingerprint density at radius 2 is 1.83 bits per heavy atom. The van der Waals surface area contributed by atoms with Gasteiger partial charge in [-0.1, -0.05) is 25.4 Å². The number of carboxylic acids is 1. The number of thiazole rings is 1. The number of hydrogen-bond donors (Lipinski definition) is 2. The van der Waals surface area contributed by atoms with Crippen LogP contribution in [0.3, 0.4) is 0 Å². The maximum Gasteiger partial charge on any atom is 0.322 e. The third-order valence-corrected chi connectivity index (χ3v) is 8.54. The van der Waals surface area contributed by atoms with Gasteiger partial charge in [-0.2, -0.15) is 0 Å². The number of nitrogens with zero attached hydrogens (tertiary/aromatic N) is 5. The molecule has 41 heavy (non-hydrogen) atoms. The van der Waals surface area contributed by atoms with E-state index in [-0.39, 0.29) is 22.0 Å². The zero-order chi connectivity index (χ0) is 29.7. The number of amides is 2. The van der Waals surface area contributed by atoms with Crippen molar-refractivity contribution < 1.29 is 23.9 Å². The van der Waals surface area contributed by atoms with E-state index in [1.807, 2.05) is 43.6 Å². The van der Waals surface area contributed by atoms with E-state index < -0.39 is 29.8 Å². The average Bonchev–Trinajstić information content (AvgIpc) is 3.51. The number of piperazine rings is 1.